The number of piperidine rings is 1. The van der Waals surface area contributed by atoms with Crippen LogP contribution in [0, 0.1) is 0 Å². The van der Waals surface area contributed by atoms with Crippen LogP contribution in [0.25, 0.3) is 0 Å². The lowest BCUT2D eigenvalue weighted by Gasteiger charge is -2.42. The summed E-state index contributed by atoms with van der Waals surface area (Å²) >= 11 is 0. The fourth-order valence-corrected chi connectivity index (χ4v) is 5.54. The highest BCUT2D eigenvalue weighted by Gasteiger charge is 2.30. The lowest BCUT2D eigenvalue weighted by atomic mass is 9.92. The lowest BCUT2D eigenvalue weighted by Crippen LogP contribution is -2.50. The number of benzene rings is 2. The number of nitrogens with one attached hydrogen (secondary N) is 1. The van der Waals surface area contributed by atoms with Crippen LogP contribution >= 0.6 is 0 Å². The maximum Gasteiger partial charge on any atom is 0.204 e. The van der Waals surface area contributed by atoms with Gasteiger partial charge in [-0.05, 0) is 79.0 Å². The van der Waals surface area contributed by atoms with Crippen molar-refractivity contribution < 1.29 is 0 Å². The molecular formula is C32H49N3. The van der Waals surface area contributed by atoms with E-state index in [1.807, 2.05) is 0 Å². The third-order valence-corrected chi connectivity index (χ3v) is 7.61. The molecule has 0 spiro atoms. The molecule has 192 valence electrons. The van der Waals surface area contributed by atoms with Crippen molar-refractivity contribution >= 4 is 17.3 Å². The zero-order valence-corrected chi connectivity index (χ0v) is 23.9. The smallest absolute Gasteiger partial charge is 0.204 e. The predicted molar refractivity (Wildman–Crippen MR) is 155 cm³/mol. The number of likely N-dealkylation sites (tertiary alicyclic amines) is 1. The third kappa shape index (κ3) is 6.11. The van der Waals surface area contributed by atoms with Crippen LogP contribution in [0.15, 0.2) is 41.4 Å². The Morgan fingerprint density at radius 1 is 0.714 bits per heavy atom. The van der Waals surface area contributed by atoms with Crippen LogP contribution in [0.2, 0.25) is 0 Å². The summed E-state index contributed by atoms with van der Waals surface area (Å²) in [6.07, 6.45) is 3.69. The van der Waals surface area contributed by atoms with Crippen molar-refractivity contribution in [3.05, 3.63) is 58.7 Å². The summed E-state index contributed by atoms with van der Waals surface area (Å²) < 4.78 is 0. The van der Waals surface area contributed by atoms with Crippen molar-refractivity contribution in [1.82, 2.24) is 4.90 Å². The van der Waals surface area contributed by atoms with Gasteiger partial charge in [-0.3, -0.25) is 0 Å². The molecule has 2 aromatic carbocycles. The normalized spacial score (nSPS) is 19.4. The van der Waals surface area contributed by atoms with E-state index in [1.54, 1.807) is 0 Å². The van der Waals surface area contributed by atoms with Crippen LogP contribution in [0.3, 0.4) is 0 Å². The maximum atomic E-state index is 5.55. The molecule has 1 N–H and O–H groups in total. The highest BCUT2D eigenvalue weighted by molar-refractivity contribution is 5.98. The molecule has 0 saturated carbocycles. The average molecular weight is 476 g/mol. The van der Waals surface area contributed by atoms with Crippen LogP contribution in [0.4, 0.5) is 11.4 Å². The molecule has 3 nitrogen and oxygen atoms in total. The van der Waals surface area contributed by atoms with Crippen molar-refractivity contribution in [1.29, 1.82) is 0 Å². The summed E-state index contributed by atoms with van der Waals surface area (Å²) in [5.41, 5.74) is 7.78. The standard InChI is InChI=1S/C32H49N3/c1-20(2)26-16-12-17-27(21(3)4)30(26)33-32(35-24(9)14-11-15-25(35)10)34-31-28(22(5)6)18-13-19-29(31)23(7)8/h12-13,16-25H,11,14-15H2,1-10H3,(H,33,34)/t24-,25+. The minimum absolute atomic E-state index is 0.416. The van der Waals surface area contributed by atoms with Crippen molar-refractivity contribution in [3.8, 4) is 0 Å². The molecule has 1 fully saturated rings. The van der Waals surface area contributed by atoms with E-state index in [0.29, 0.717) is 35.8 Å². The molecule has 35 heavy (non-hydrogen) atoms. The molecule has 0 aromatic heterocycles. The fourth-order valence-electron chi connectivity index (χ4n) is 5.54. The number of aliphatic imine (C=N–C) groups is 1. The number of hydrogen-bond acceptors (Lipinski definition) is 1. The number of nitrogens with zero attached hydrogens (tertiary/aromatic N) is 2. The zero-order chi connectivity index (χ0) is 25.9. The first kappa shape index (κ1) is 27.3. The fraction of sp³-hybridized carbons (Fsp3) is 0.594. The first-order valence-corrected chi connectivity index (χ1v) is 13.9. The Morgan fingerprint density at radius 2 is 1.11 bits per heavy atom. The molecule has 1 heterocycles. The van der Waals surface area contributed by atoms with Crippen LogP contribution in [0.1, 0.15) is 134 Å². The Labute approximate surface area is 215 Å². The summed E-state index contributed by atoms with van der Waals surface area (Å²) in [6, 6.07) is 14.4. The van der Waals surface area contributed by atoms with Gasteiger partial charge in [-0.1, -0.05) is 91.8 Å². The summed E-state index contributed by atoms with van der Waals surface area (Å²) in [4.78, 5) is 8.11. The van der Waals surface area contributed by atoms with Crippen molar-refractivity contribution in [2.75, 3.05) is 5.32 Å². The Hall–Kier alpha value is -2.29. The highest BCUT2D eigenvalue weighted by atomic mass is 15.3. The average Bonchev–Trinajstić information content (AvgIpc) is 2.78. The van der Waals surface area contributed by atoms with E-state index in [4.69, 9.17) is 4.99 Å². The first-order valence-electron chi connectivity index (χ1n) is 13.9. The van der Waals surface area contributed by atoms with Gasteiger partial charge in [-0.25, -0.2) is 4.99 Å². The second kappa shape index (κ2) is 11.6. The minimum Gasteiger partial charge on any atom is -0.337 e. The van der Waals surface area contributed by atoms with E-state index >= 15 is 0 Å². The topological polar surface area (TPSA) is 27.6 Å². The van der Waals surface area contributed by atoms with Gasteiger partial charge in [0.15, 0.2) is 0 Å². The highest BCUT2D eigenvalue weighted by Crippen LogP contribution is 2.38. The van der Waals surface area contributed by atoms with E-state index in [1.165, 1.54) is 47.2 Å². The summed E-state index contributed by atoms with van der Waals surface area (Å²) in [5.74, 6) is 2.71. The molecule has 0 bridgehead atoms. The van der Waals surface area contributed by atoms with Crippen LogP contribution in [-0.4, -0.2) is 22.9 Å². The van der Waals surface area contributed by atoms with Crippen LogP contribution < -0.4 is 5.32 Å². The van der Waals surface area contributed by atoms with E-state index in [0.717, 1.165) is 11.6 Å². The van der Waals surface area contributed by atoms with Crippen LogP contribution in [-0.2, 0) is 0 Å². The summed E-state index contributed by atoms with van der Waals surface area (Å²) in [6.45, 7) is 23.0. The summed E-state index contributed by atoms with van der Waals surface area (Å²) in [5, 5.41) is 3.97. The molecular weight excluding hydrogens is 426 g/mol. The lowest BCUT2D eigenvalue weighted by molar-refractivity contribution is 0.191. The zero-order valence-electron chi connectivity index (χ0n) is 23.9. The molecule has 0 unspecified atom stereocenters. The van der Waals surface area contributed by atoms with Crippen LogP contribution in [0.5, 0.6) is 0 Å². The van der Waals surface area contributed by atoms with Gasteiger partial charge in [0.25, 0.3) is 0 Å². The van der Waals surface area contributed by atoms with Crippen molar-refractivity contribution in [2.45, 2.75) is 124 Å². The molecule has 1 saturated heterocycles. The molecule has 3 heteroatoms. The van der Waals surface area contributed by atoms with Gasteiger partial charge in [0.05, 0.1) is 5.69 Å². The third-order valence-electron chi connectivity index (χ3n) is 7.61. The largest absolute Gasteiger partial charge is 0.337 e. The van der Waals surface area contributed by atoms with Gasteiger partial charge >= 0.3 is 0 Å². The van der Waals surface area contributed by atoms with Gasteiger partial charge in [0.1, 0.15) is 0 Å². The molecule has 0 radical (unpaired) electrons. The minimum atomic E-state index is 0.416. The van der Waals surface area contributed by atoms with Gasteiger partial charge in [-0.15, -0.1) is 0 Å². The number of anilines is 1. The van der Waals surface area contributed by atoms with Crippen molar-refractivity contribution in [3.63, 3.8) is 0 Å². The second-order valence-corrected chi connectivity index (χ2v) is 11.8. The van der Waals surface area contributed by atoms with Gasteiger partial charge in [0.2, 0.25) is 5.96 Å². The molecule has 0 aliphatic carbocycles. The molecule has 0 amide bonds. The number of para-hydroxylation sites is 2. The monoisotopic (exact) mass is 475 g/mol. The Balaban J connectivity index is 2.28. The van der Waals surface area contributed by atoms with E-state index < -0.39 is 0 Å². The van der Waals surface area contributed by atoms with Gasteiger partial charge < -0.3 is 10.2 Å². The van der Waals surface area contributed by atoms with Gasteiger partial charge in [-0.2, -0.15) is 0 Å². The Kier molecular flexibility index (Phi) is 9.07. The number of guanidine groups is 1. The predicted octanol–water partition coefficient (Wildman–Crippen LogP) is 9.54. The summed E-state index contributed by atoms with van der Waals surface area (Å²) in [7, 11) is 0. The number of rotatable bonds is 6. The molecule has 2 atom stereocenters. The molecule has 2 aromatic rings. The molecule has 3 rings (SSSR count). The van der Waals surface area contributed by atoms with Crippen molar-refractivity contribution in [2.24, 2.45) is 4.99 Å². The quantitative estimate of drug-likeness (QED) is 0.333. The Bertz CT molecular complexity index is 953. The Morgan fingerprint density at radius 3 is 1.51 bits per heavy atom. The van der Waals surface area contributed by atoms with E-state index in [-0.39, 0.29) is 0 Å². The van der Waals surface area contributed by atoms with E-state index in [2.05, 4.69) is 116 Å². The first-order chi connectivity index (χ1) is 16.5. The van der Waals surface area contributed by atoms with E-state index in [9.17, 15) is 0 Å². The van der Waals surface area contributed by atoms with Gasteiger partial charge in [0, 0.05) is 17.8 Å². The maximum absolute atomic E-state index is 5.55. The number of hydrogen-bond donors (Lipinski definition) is 1. The SMILES string of the molecule is CC(C)c1cccc(C(C)C)c1N=C(Nc1c(C(C)C)cccc1C(C)C)N1[C@H](C)CCC[C@@H]1C. The molecule has 1 aliphatic heterocycles. The molecule has 1 aliphatic rings. The second-order valence-electron chi connectivity index (χ2n) is 11.8.